The summed E-state index contributed by atoms with van der Waals surface area (Å²) in [6.07, 6.45) is 1.17. The summed E-state index contributed by atoms with van der Waals surface area (Å²) in [5, 5.41) is 9.94. The Balaban J connectivity index is 1.63. The van der Waals surface area contributed by atoms with E-state index in [1.165, 1.54) is 0 Å². The van der Waals surface area contributed by atoms with Crippen molar-refractivity contribution in [1.82, 2.24) is 14.8 Å². The molecule has 0 saturated heterocycles. The van der Waals surface area contributed by atoms with Crippen molar-refractivity contribution in [1.29, 1.82) is 0 Å². The van der Waals surface area contributed by atoms with Crippen LogP contribution in [0.5, 0.6) is 5.75 Å². The Labute approximate surface area is 199 Å². The highest BCUT2D eigenvalue weighted by molar-refractivity contribution is 6.31. The molecule has 1 N–H and O–H groups in total. The van der Waals surface area contributed by atoms with E-state index in [9.17, 15) is 0 Å². The maximum absolute atomic E-state index is 6.56. The third-order valence-electron chi connectivity index (χ3n) is 5.73. The summed E-state index contributed by atoms with van der Waals surface area (Å²) in [5.74, 6) is 1.38. The van der Waals surface area contributed by atoms with Gasteiger partial charge in [-0.15, -0.1) is 0 Å². The topological polar surface area (TPSA) is 52.0 Å². The SMILES string of the molecule is Clc1ccc([C@@H]2Oc3ccc(Cl)cc3C3=C2[C@@H](c2ccc(Cl)cc2)n2ncnc2N3)cc1. The van der Waals surface area contributed by atoms with E-state index in [0.717, 1.165) is 33.7 Å². The predicted molar refractivity (Wildman–Crippen MR) is 126 cm³/mol. The number of benzene rings is 3. The summed E-state index contributed by atoms with van der Waals surface area (Å²) >= 11 is 18.7. The van der Waals surface area contributed by atoms with Crippen LogP contribution in [0.25, 0.3) is 5.70 Å². The molecule has 4 aromatic rings. The number of ether oxygens (including phenoxy) is 1. The Morgan fingerprint density at radius 2 is 1.47 bits per heavy atom. The van der Waals surface area contributed by atoms with Crippen molar-refractivity contribution in [2.24, 2.45) is 0 Å². The van der Waals surface area contributed by atoms with Gasteiger partial charge in [-0.25, -0.2) is 4.68 Å². The summed E-state index contributed by atoms with van der Waals surface area (Å²) in [6.45, 7) is 0. The Kier molecular flexibility index (Phi) is 4.65. The molecular formula is C24H15Cl3N4O. The van der Waals surface area contributed by atoms with Crippen molar-refractivity contribution in [2.75, 3.05) is 5.32 Å². The summed E-state index contributed by atoms with van der Waals surface area (Å²) < 4.78 is 8.43. The molecule has 2 aliphatic rings. The van der Waals surface area contributed by atoms with E-state index in [2.05, 4.69) is 15.4 Å². The molecule has 0 fully saturated rings. The minimum atomic E-state index is -0.374. The lowest BCUT2D eigenvalue weighted by atomic mass is 9.84. The van der Waals surface area contributed by atoms with Crippen LogP contribution in [0.3, 0.4) is 0 Å². The zero-order valence-electron chi connectivity index (χ0n) is 16.5. The van der Waals surface area contributed by atoms with E-state index in [0.29, 0.717) is 21.0 Å². The van der Waals surface area contributed by atoms with Gasteiger partial charge in [0.25, 0.3) is 0 Å². The molecule has 0 amide bonds. The molecule has 6 rings (SSSR count). The third kappa shape index (κ3) is 3.16. The molecule has 0 saturated carbocycles. The zero-order valence-corrected chi connectivity index (χ0v) is 18.7. The molecule has 0 spiro atoms. The van der Waals surface area contributed by atoms with Gasteiger partial charge in [0.15, 0.2) is 0 Å². The number of hydrogen-bond acceptors (Lipinski definition) is 4. The Bertz CT molecular complexity index is 1360. The Morgan fingerprint density at radius 3 is 2.19 bits per heavy atom. The number of fused-ring (bicyclic) bond motifs is 3. The largest absolute Gasteiger partial charge is 0.480 e. The van der Waals surface area contributed by atoms with Crippen LogP contribution in [-0.4, -0.2) is 14.8 Å². The number of aromatic nitrogens is 3. The van der Waals surface area contributed by atoms with Gasteiger partial charge >= 0.3 is 0 Å². The van der Waals surface area contributed by atoms with Crippen LogP contribution in [0.2, 0.25) is 15.1 Å². The standard InChI is InChI=1S/C24H15Cl3N4O/c25-15-5-1-13(2-6-15)22-20-21(30-24-28-12-29-31(22)24)18-11-17(27)9-10-19(18)32-23(20)14-3-7-16(26)8-4-14/h1-12,22-23H,(H,28,29,30)/t22-,23+/m1/s1. The van der Waals surface area contributed by atoms with Gasteiger partial charge in [0, 0.05) is 26.2 Å². The van der Waals surface area contributed by atoms with Crippen molar-refractivity contribution < 1.29 is 4.74 Å². The first kappa shape index (κ1) is 19.7. The van der Waals surface area contributed by atoms with Crippen molar-refractivity contribution in [3.05, 3.63) is 110 Å². The van der Waals surface area contributed by atoms with E-state index >= 15 is 0 Å². The first-order valence-electron chi connectivity index (χ1n) is 9.96. The molecule has 0 bridgehead atoms. The van der Waals surface area contributed by atoms with Crippen LogP contribution in [-0.2, 0) is 0 Å². The van der Waals surface area contributed by atoms with Gasteiger partial charge < -0.3 is 10.1 Å². The van der Waals surface area contributed by atoms with Crippen molar-refractivity contribution in [3.63, 3.8) is 0 Å². The Hall–Kier alpha value is -2.99. The first-order valence-corrected chi connectivity index (χ1v) is 11.1. The van der Waals surface area contributed by atoms with Gasteiger partial charge in [-0.1, -0.05) is 59.1 Å². The van der Waals surface area contributed by atoms with Crippen LogP contribution in [0.4, 0.5) is 5.95 Å². The van der Waals surface area contributed by atoms with Gasteiger partial charge in [0.1, 0.15) is 24.2 Å². The van der Waals surface area contributed by atoms with Crippen LogP contribution >= 0.6 is 34.8 Å². The molecule has 32 heavy (non-hydrogen) atoms. The van der Waals surface area contributed by atoms with Gasteiger partial charge in [-0.2, -0.15) is 10.1 Å². The normalized spacial score (nSPS) is 18.8. The highest BCUT2D eigenvalue weighted by Crippen LogP contribution is 2.51. The monoisotopic (exact) mass is 480 g/mol. The average Bonchev–Trinajstić information content (AvgIpc) is 3.27. The number of nitrogens with zero attached hydrogens (tertiary/aromatic N) is 3. The van der Waals surface area contributed by atoms with Gasteiger partial charge in [-0.05, 0) is 53.6 Å². The molecule has 3 heterocycles. The predicted octanol–water partition coefficient (Wildman–Crippen LogP) is 6.80. The van der Waals surface area contributed by atoms with Crippen LogP contribution in [0.15, 0.2) is 78.6 Å². The minimum Gasteiger partial charge on any atom is -0.480 e. The van der Waals surface area contributed by atoms with Crippen LogP contribution in [0, 0.1) is 0 Å². The van der Waals surface area contributed by atoms with Crippen molar-refractivity contribution >= 4 is 46.4 Å². The lowest BCUT2D eigenvalue weighted by Crippen LogP contribution is -2.32. The van der Waals surface area contributed by atoms with Gasteiger partial charge in [0.2, 0.25) is 5.95 Å². The molecule has 3 aromatic carbocycles. The number of nitrogens with one attached hydrogen (secondary N) is 1. The average molecular weight is 482 g/mol. The maximum atomic E-state index is 6.56. The van der Waals surface area contributed by atoms with Gasteiger partial charge in [0.05, 0.1) is 5.70 Å². The molecule has 2 aliphatic heterocycles. The first-order chi connectivity index (χ1) is 15.6. The van der Waals surface area contributed by atoms with E-state index < -0.39 is 0 Å². The van der Waals surface area contributed by atoms with E-state index in [4.69, 9.17) is 39.5 Å². The third-order valence-corrected chi connectivity index (χ3v) is 6.47. The fraction of sp³-hybridized carbons (Fsp3) is 0.0833. The minimum absolute atomic E-state index is 0.256. The van der Waals surface area contributed by atoms with Crippen LogP contribution in [0.1, 0.15) is 28.8 Å². The molecule has 0 radical (unpaired) electrons. The molecule has 1 aromatic heterocycles. The van der Waals surface area contributed by atoms with Crippen LogP contribution < -0.4 is 10.1 Å². The van der Waals surface area contributed by atoms with Gasteiger partial charge in [-0.3, -0.25) is 0 Å². The highest BCUT2D eigenvalue weighted by atomic mass is 35.5. The molecule has 2 atom stereocenters. The van der Waals surface area contributed by atoms with Crippen molar-refractivity contribution in [3.8, 4) is 5.75 Å². The second kappa shape index (κ2) is 7.55. The van der Waals surface area contributed by atoms with E-state index in [-0.39, 0.29) is 12.1 Å². The number of halogens is 3. The molecule has 5 nitrogen and oxygen atoms in total. The number of rotatable bonds is 2. The second-order valence-electron chi connectivity index (χ2n) is 7.63. The smallest absolute Gasteiger partial charge is 0.226 e. The molecule has 0 unspecified atom stereocenters. The van der Waals surface area contributed by atoms with Crippen molar-refractivity contribution in [2.45, 2.75) is 12.1 Å². The van der Waals surface area contributed by atoms with E-state index in [1.54, 1.807) is 6.33 Å². The number of hydrogen-bond donors (Lipinski definition) is 1. The number of anilines is 1. The fourth-order valence-corrected chi connectivity index (χ4v) is 4.74. The lowest BCUT2D eigenvalue weighted by Gasteiger charge is -2.39. The lowest BCUT2D eigenvalue weighted by molar-refractivity contribution is 0.223. The molecular weight excluding hydrogens is 467 g/mol. The Morgan fingerprint density at radius 1 is 0.812 bits per heavy atom. The quantitative estimate of drug-likeness (QED) is 0.342. The van der Waals surface area contributed by atoms with E-state index in [1.807, 2.05) is 71.4 Å². The maximum Gasteiger partial charge on any atom is 0.226 e. The summed E-state index contributed by atoms with van der Waals surface area (Å²) in [7, 11) is 0. The highest BCUT2D eigenvalue weighted by Gasteiger charge is 2.41. The summed E-state index contributed by atoms with van der Waals surface area (Å²) in [6, 6.07) is 20.8. The second-order valence-corrected chi connectivity index (χ2v) is 8.94. The molecule has 158 valence electrons. The molecule has 0 aliphatic carbocycles. The summed E-state index contributed by atoms with van der Waals surface area (Å²) in [4.78, 5) is 4.44. The summed E-state index contributed by atoms with van der Waals surface area (Å²) in [5.41, 5.74) is 4.79. The fourth-order valence-electron chi connectivity index (χ4n) is 4.32. The zero-order chi connectivity index (χ0) is 21.8. The molecule has 8 heteroatoms.